The van der Waals surface area contributed by atoms with Crippen LogP contribution in [0.5, 0.6) is 0 Å². The van der Waals surface area contributed by atoms with E-state index < -0.39 is 41.7 Å². The first-order valence-corrected chi connectivity index (χ1v) is 13.1. The van der Waals surface area contributed by atoms with Crippen LogP contribution in [-0.2, 0) is 22.3 Å². The number of benzene rings is 1. The third-order valence-electron chi connectivity index (χ3n) is 5.87. The Kier molecular flexibility index (Phi) is 9.97. The number of amides is 2. The van der Waals surface area contributed by atoms with Crippen LogP contribution in [0.25, 0.3) is 0 Å². The largest absolute Gasteiger partial charge is 0.481 e. The number of aromatic nitrogens is 1. The smallest absolute Gasteiger partial charge is 0.416 e. The van der Waals surface area contributed by atoms with Gasteiger partial charge in [-0.3, -0.25) is 10.1 Å². The van der Waals surface area contributed by atoms with Crippen molar-refractivity contribution in [2.45, 2.75) is 55.6 Å². The fraction of sp³-hybridized carbons (Fsp3) is 0.522. The molecule has 13 heteroatoms. The lowest BCUT2D eigenvalue weighted by molar-refractivity contribution is -0.139. The maximum absolute atomic E-state index is 14.1. The number of carbonyl (C=O) groups excluding carboxylic acids is 1. The van der Waals surface area contributed by atoms with E-state index in [0.29, 0.717) is 15.3 Å². The number of carboxylic acids is 1. The van der Waals surface area contributed by atoms with Crippen LogP contribution in [0.1, 0.15) is 43.7 Å². The molecular formula is C23H27F4N3O4S2. The van der Waals surface area contributed by atoms with Crippen LogP contribution in [0.2, 0.25) is 0 Å². The third-order valence-corrected chi connectivity index (χ3v) is 7.96. The molecule has 1 aliphatic rings. The molecule has 3 rings (SSSR count). The number of alkyl halides is 3. The van der Waals surface area contributed by atoms with Gasteiger partial charge in [-0.25, -0.2) is 14.2 Å². The molecule has 1 aromatic carbocycles. The molecule has 0 radical (unpaired) electrons. The van der Waals surface area contributed by atoms with Gasteiger partial charge in [-0.15, -0.1) is 11.8 Å². The summed E-state index contributed by atoms with van der Waals surface area (Å²) >= 11 is 2.24. The SMILES string of the molecule is CC1CCC(N(CCOCc2c(F)cccc2C(F)(F)F)C(=O)Nc2ncc(SCC(=O)O)s2)CC1. The van der Waals surface area contributed by atoms with Gasteiger partial charge in [0.2, 0.25) is 0 Å². The molecule has 0 spiro atoms. The monoisotopic (exact) mass is 549 g/mol. The van der Waals surface area contributed by atoms with Crippen LogP contribution in [-0.4, -0.2) is 51.9 Å². The highest BCUT2D eigenvalue weighted by Crippen LogP contribution is 2.34. The van der Waals surface area contributed by atoms with Crippen molar-refractivity contribution in [1.82, 2.24) is 9.88 Å². The number of urea groups is 1. The average Bonchev–Trinajstić information content (AvgIpc) is 3.25. The molecule has 1 aliphatic carbocycles. The lowest BCUT2D eigenvalue weighted by Crippen LogP contribution is -2.46. The van der Waals surface area contributed by atoms with Crippen LogP contribution in [0.15, 0.2) is 28.6 Å². The van der Waals surface area contributed by atoms with Crippen molar-refractivity contribution in [3.8, 4) is 0 Å². The Labute approximate surface area is 214 Å². The molecule has 36 heavy (non-hydrogen) atoms. The Morgan fingerprint density at radius 2 is 2.00 bits per heavy atom. The summed E-state index contributed by atoms with van der Waals surface area (Å²) in [7, 11) is 0. The number of rotatable bonds is 10. The van der Waals surface area contributed by atoms with E-state index >= 15 is 0 Å². The van der Waals surface area contributed by atoms with Crippen LogP contribution >= 0.6 is 23.1 Å². The molecule has 2 aromatic rings. The molecule has 0 aliphatic heterocycles. The Bertz CT molecular complexity index is 1040. The van der Waals surface area contributed by atoms with Gasteiger partial charge < -0.3 is 14.7 Å². The maximum Gasteiger partial charge on any atom is 0.416 e. The van der Waals surface area contributed by atoms with Crippen molar-refractivity contribution in [1.29, 1.82) is 0 Å². The van der Waals surface area contributed by atoms with Crippen molar-refractivity contribution in [3.05, 3.63) is 41.3 Å². The van der Waals surface area contributed by atoms with Gasteiger partial charge in [-0.2, -0.15) is 13.2 Å². The number of halogens is 4. The number of anilines is 1. The normalized spacial score (nSPS) is 18.1. The second kappa shape index (κ2) is 12.7. The molecule has 7 nitrogen and oxygen atoms in total. The van der Waals surface area contributed by atoms with Gasteiger partial charge >= 0.3 is 18.2 Å². The lowest BCUT2D eigenvalue weighted by atomic mass is 9.86. The molecular weight excluding hydrogens is 522 g/mol. The second-order valence-corrected chi connectivity index (χ2v) is 10.8. The minimum Gasteiger partial charge on any atom is -0.481 e. The highest BCUT2D eigenvalue weighted by Gasteiger charge is 2.34. The Hall–Kier alpha value is -2.38. The number of carboxylic acid groups (broad SMARTS) is 1. The number of nitrogens with one attached hydrogen (secondary N) is 1. The van der Waals surface area contributed by atoms with E-state index in [4.69, 9.17) is 9.84 Å². The Morgan fingerprint density at radius 1 is 1.28 bits per heavy atom. The number of nitrogens with zero attached hydrogens (tertiary/aromatic N) is 2. The number of hydrogen-bond donors (Lipinski definition) is 2. The van der Waals surface area contributed by atoms with Gasteiger partial charge in [0.25, 0.3) is 0 Å². The highest BCUT2D eigenvalue weighted by atomic mass is 32.2. The summed E-state index contributed by atoms with van der Waals surface area (Å²) in [5.41, 5.74) is -1.65. The summed E-state index contributed by atoms with van der Waals surface area (Å²) in [6.07, 6.45) is 0.200. The molecule has 1 aromatic heterocycles. The van der Waals surface area contributed by atoms with Crippen molar-refractivity contribution >= 4 is 40.2 Å². The molecule has 0 bridgehead atoms. The number of thiazole rings is 1. The zero-order valence-electron chi connectivity index (χ0n) is 19.5. The minimum absolute atomic E-state index is 0.0789. The van der Waals surface area contributed by atoms with Crippen molar-refractivity contribution in [3.63, 3.8) is 0 Å². The Balaban J connectivity index is 1.63. The fourth-order valence-electron chi connectivity index (χ4n) is 3.99. The lowest BCUT2D eigenvalue weighted by Gasteiger charge is -2.36. The third kappa shape index (κ3) is 8.07. The van der Waals surface area contributed by atoms with E-state index in [9.17, 15) is 27.2 Å². The summed E-state index contributed by atoms with van der Waals surface area (Å²) in [6.45, 7) is 1.59. The molecule has 1 heterocycles. The molecule has 198 valence electrons. The van der Waals surface area contributed by atoms with Crippen molar-refractivity contribution in [2.24, 2.45) is 5.92 Å². The molecule has 1 fully saturated rings. The van der Waals surface area contributed by atoms with Crippen LogP contribution in [0.3, 0.4) is 0 Å². The first-order chi connectivity index (χ1) is 17.0. The molecule has 0 atom stereocenters. The van der Waals surface area contributed by atoms with Gasteiger partial charge in [0.15, 0.2) is 5.13 Å². The van der Waals surface area contributed by atoms with E-state index in [-0.39, 0.29) is 24.9 Å². The standard InChI is InChI=1S/C23H27F4N3O4S2/c1-14-5-7-15(8-6-14)30(22(33)29-21-28-11-20(36-21)35-13-19(31)32)9-10-34-12-16-17(23(25,26)27)3-2-4-18(16)24/h2-4,11,14-15H,5-10,12-13H2,1H3,(H,31,32)(H,28,29,33). The number of aliphatic carboxylic acids is 1. The summed E-state index contributed by atoms with van der Waals surface area (Å²) in [5.74, 6) is -1.55. The van der Waals surface area contributed by atoms with E-state index in [1.54, 1.807) is 4.90 Å². The zero-order chi connectivity index (χ0) is 26.3. The van der Waals surface area contributed by atoms with Gasteiger partial charge in [0, 0.05) is 18.2 Å². The molecule has 2 N–H and O–H groups in total. The second-order valence-electron chi connectivity index (χ2n) is 8.52. The van der Waals surface area contributed by atoms with Crippen LogP contribution in [0.4, 0.5) is 27.5 Å². The Morgan fingerprint density at radius 3 is 2.67 bits per heavy atom. The summed E-state index contributed by atoms with van der Waals surface area (Å²) < 4.78 is 59.8. The minimum atomic E-state index is -4.71. The highest BCUT2D eigenvalue weighted by molar-refractivity contribution is 8.01. The van der Waals surface area contributed by atoms with Crippen molar-refractivity contribution in [2.75, 3.05) is 24.2 Å². The molecule has 0 saturated heterocycles. The summed E-state index contributed by atoms with van der Waals surface area (Å²) in [4.78, 5) is 29.5. The summed E-state index contributed by atoms with van der Waals surface area (Å²) in [5, 5.41) is 11.8. The van der Waals surface area contributed by atoms with Crippen molar-refractivity contribution < 1.29 is 37.0 Å². The van der Waals surface area contributed by atoms with Gasteiger partial charge in [-0.1, -0.05) is 24.3 Å². The first kappa shape index (κ1) is 28.2. The van der Waals surface area contributed by atoms with E-state index in [1.165, 1.54) is 6.20 Å². The number of carbonyl (C=O) groups is 2. The molecule has 0 unspecified atom stereocenters. The van der Waals surface area contributed by atoms with E-state index in [1.807, 2.05) is 0 Å². The van der Waals surface area contributed by atoms with E-state index in [2.05, 4.69) is 17.2 Å². The predicted octanol–water partition coefficient (Wildman–Crippen LogP) is 6.11. The number of ether oxygens (including phenoxy) is 1. The predicted molar refractivity (Wildman–Crippen MR) is 129 cm³/mol. The van der Waals surface area contributed by atoms with Gasteiger partial charge in [0.05, 0.1) is 34.9 Å². The summed E-state index contributed by atoms with van der Waals surface area (Å²) in [6, 6.07) is 2.26. The topological polar surface area (TPSA) is 91.8 Å². The quantitative estimate of drug-likeness (QED) is 0.211. The maximum atomic E-state index is 14.1. The molecule has 2 amide bonds. The van der Waals surface area contributed by atoms with Gasteiger partial charge in [-0.05, 0) is 43.7 Å². The fourth-order valence-corrected chi connectivity index (χ4v) is 5.57. The van der Waals surface area contributed by atoms with E-state index in [0.717, 1.165) is 67.0 Å². The van der Waals surface area contributed by atoms with Crippen LogP contribution in [0, 0.1) is 11.7 Å². The number of thioether (sulfide) groups is 1. The molecule has 1 saturated carbocycles. The van der Waals surface area contributed by atoms with Gasteiger partial charge in [0.1, 0.15) is 5.82 Å². The zero-order valence-corrected chi connectivity index (χ0v) is 21.1. The first-order valence-electron chi connectivity index (χ1n) is 11.3. The average molecular weight is 550 g/mol. The number of hydrogen-bond acceptors (Lipinski definition) is 6. The van der Waals surface area contributed by atoms with Crippen LogP contribution < -0.4 is 5.32 Å².